The van der Waals surface area contributed by atoms with Crippen LogP contribution in [0.5, 0.6) is 0 Å². The van der Waals surface area contributed by atoms with Crippen molar-refractivity contribution in [3.05, 3.63) is 72.2 Å². The van der Waals surface area contributed by atoms with Gasteiger partial charge in [-0.3, -0.25) is 4.57 Å². The topological polar surface area (TPSA) is 62.7 Å². The number of fused-ring (bicyclic) bond motifs is 6. The summed E-state index contributed by atoms with van der Waals surface area (Å²) in [6, 6.07) is 18.9. The fourth-order valence-electron chi connectivity index (χ4n) is 5.66. The van der Waals surface area contributed by atoms with Crippen LogP contribution < -0.4 is 4.90 Å². The molecule has 0 radical (unpaired) electrons. The molecule has 0 N–H and O–H groups in total. The van der Waals surface area contributed by atoms with E-state index in [4.69, 9.17) is 5.26 Å². The minimum atomic E-state index is 0.671. The first kappa shape index (κ1) is 17.8. The predicted molar refractivity (Wildman–Crippen MR) is 122 cm³/mol. The molecule has 2 fully saturated rings. The minimum absolute atomic E-state index is 0.671. The second-order valence-electron chi connectivity index (χ2n) is 9.36. The van der Waals surface area contributed by atoms with E-state index in [0.717, 1.165) is 52.6 Å². The molecule has 156 valence electrons. The van der Waals surface area contributed by atoms with Crippen molar-refractivity contribution < 1.29 is 0 Å². The molecule has 3 aliphatic rings. The van der Waals surface area contributed by atoms with E-state index in [1.807, 2.05) is 30.6 Å². The summed E-state index contributed by atoms with van der Waals surface area (Å²) in [6.07, 6.45) is 3.99. The third-order valence-electron chi connectivity index (χ3n) is 7.67. The zero-order valence-corrected chi connectivity index (χ0v) is 17.8. The van der Waals surface area contributed by atoms with Gasteiger partial charge in [0.05, 0.1) is 23.0 Å². The lowest BCUT2D eigenvalue weighted by molar-refractivity contribution is 0.689. The Bertz CT molecular complexity index is 1390. The second-order valence-corrected chi connectivity index (χ2v) is 9.36. The van der Waals surface area contributed by atoms with Crippen molar-refractivity contribution >= 4 is 5.69 Å². The van der Waals surface area contributed by atoms with E-state index in [2.05, 4.69) is 67.7 Å². The molecular weight excluding hydrogens is 396 g/mol. The van der Waals surface area contributed by atoms with Gasteiger partial charge in [-0.1, -0.05) is 19.1 Å². The van der Waals surface area contributed by atoms with Gasteiger partial charge < -0.3 is 9.47 Å². The predicted octanol–water partition coefficient (Wildman–Crippen LogP) is 4.34. The van der Waals surface area contributed by atoms with Crippen LogP contribution in [0, 0.1) is 29.1 Å². The molecule has 1 saturated carbocycles. The average Bonchev–Trinajstić information content (AvgIpc) is 3.32. The third-order valence-corrected chi connectivity index (χ3v) is 7.67. The van der Waals surface area contributed by atoms with Crippen LogP contribution in [-0.2, 0) is 6.54 Å². The molecule has 3 atom stereocenters. The van der Waals surface area contributed by atoms with Gasteiger partial charge in [-0.2, -0.15) is 5.26 Å². The number of nitrogens with zero attached hydrogens (tertiary/aromatic N) is 6. The standard InChI is InChI=1S/C26H22N6/c1-16-22-13-30(14-23(16)22)21-6-7-24-20(8-21)12-31-11-19(18-4-2-17(10-27)3-5-18)9-25(31)26-29-28-15-32(24)26/h2-9,11,15-16,22-23H,12-14H2,1H3/t16-,22-,23+. The van der Waals surface area contributed by atoms with Crippen molar-refractivity contribution in [2.45, 2.75) is 13.5 Å². The Labute approximate surface area is 186 Å². The lowest BCUT2D eigenvalue weighted by Gasteiger charge is -2.23. The van der Waals surface area contributed by atoms with Gasteiger partial charge in [0.15, 0.2) is 5.82 Å². The molecular formula is C26H22N6. The quantitative estimate of drug-likeness (QED) is 0.428. The summed E-state index contributed by atoms with van der Waals surface area (Å²) in [6.45, 7) is 5.53. The number of piperidine rings is 1. The fourth-order valence-corrected chi connectivity index (χ4v) is 5.66. The molecule has 0 spiro atoms. The van der Waals surface area contributed by atoms with Crippen molar-refractivity contribution in [2.24, 2.45) is 17.8 Å². The van der Waals surface area contributed by atoms with Crippen LogP contribution in [0.25, 0.3) is 28.3 Å². The van der Waals surface area contributed by atoms with Crippen molar-refractivity contribution in [1.82, 2.24) is 19.3 Å². The number of hydrogen-bond donors (Lipinski definition) is 0. The third kappa shape index (κ3) is 2.51. The Balaban J connectivity index is 1.30. The first-order valence-corrected chi connectivity index (χ1v) is 11.2. The Kier molecular flexibility index (Phi) is 3.52. The van der Waals surface area contributed by atoms with E-state index >= 15 is 0 Å². The lowest BCUT2D eigenvalue weighted by Crippen LogP contribution is -2.23. The van der Waals surface area contributed by atoms with Crippen LogP contribution in [0.15, 0.2) is 61.1 Å². The van der Waals surface area contributed by atoms with Gasteiger partial charge in [-0.25, -0.2) is 0 Å². The molecule has 0 unspecified atom stereocenters. The Hall–Kier alpha value is -3.85. The molecule has 2 aromatic carbocycles. The second kappa shape index (κ2) is 6.33. The molecule has 4 aromatic rings. The molecule has 2 aromatic heterocycles. The molecule has 1 saturated heterocycles. The van der Waals surface area contributed by atoms with Crippen molar-refractivity contribution in [3.8, 4) is 34.4 Å². The Morgan fingerprint density at radius 3 is 2.59 bits per heavy atom. The normalized spacial score (nSPS) is 22.4. The first-order chi connectivity index (χ1) is 15.7. The molecule has 2 aliphatic heterocycles. The monoisotopic (exact) mass is 418 g/mol. The van der Waals surface area contributed by atoms with E-state index in [0.29, 0.717) is 5.56 Å². The molecule has 7 rings (SSSR count). The van der Waals surface area contributed by atoms with Gasteiger partial charge in [0.25, 0.3) is 0 Å². The highest BCUT2D eigenvalue weighted by atomic mass is 15.3. The highest BCUT2D eigenvalue weighted by Gasteiger charge is 2.52. The number of rotatable bonds is 2. The number of benzene rings is 2. The smallest absolute Gasteiger partial charge is 0.185 e. The van der Waals surface area contributed by atoms with Gasteiger partial charge >= 0.3 is 0 Å². The minimum Gasteiger partial charge on any atom is -0.371 e. The summed E-state index contributed by atoms with van der Waals surface area (Å²) >= 11 is 0. The van der Waals surface area contributed by atoms with Crippen LogP contribution in [-0.4, -0.2) is 32.4 Å². The van der Waals surface area contributed by atoms with Gasteiger partial charge in [0.2, 0.25) is 0 Å². The summed E-state index contributed by atoms with van der Waals surface area (Å²) in [4.78, 5) is 2.55. The highest BCUT2D eigenvalue weighted by Crippen LogP contribution is 2.52. The maximum atomic E-state index is 9.10. The van der Waals surface area contributed by atoms with E-state index in [1.54, 1.807) is 0 Å². The van der Waals surface area contributed by atoms with Crippen LogP contribution in [0.4, 0.5) is 5.69 Å². The van der Waals surface area contributed by atoms with Crippen LogP contribution in [0.3, 0.4) is 0 Å². The summed E-state index contributed by atoms with van der Waals surface area (Å²) in [5.74, 6) is 3.51. The summed E-state index contributed by atoms with van der Waals surface area (Å²) in [5.41, 5.74) is 7.68. The van der Waals surface area contributed by atoms with E-state index in [-0.39, 0.29) is 0 Å². The largest absolute Gasteiger partial charge is 0.371 e. The Morgan fingerprint density at radius 1 is 1.00 bits per heavy atom. The average molecular weight is 419 g/mol. The number of anilines is 1. The highest BCUT2D eigenvalue weighted by molar-refractivity contribution is 5.72. The summed E-state index contributed by atoms with van der Waals surface area (Å²) in [5, 5.41) is 17.8. The van der Waals surface area contributed by atoms with Crippen LogP contribution in [0.1, 0.15) is 18.1 Å². The van der Waals surface area contributed by atoms with Gasteiger partial charge in [-0.15, -0.1) is 10.2 Å². The van der Waals surface area contributed by atoms with Gasteiger partial charge in [0, 0.05) is 37.1 Å². The van der Waals surface area contributed by atoms with E-state index in [1.165, 1.54) is 24.3 Å². The zero-order chi connectivity index (χ0) is 21.4. The van der Waals surface area contributed by atoms with Crippen molar-refractivity contribution in [3.63, 3.8) is 0 Å². The van der Waals surface area contributed by atoms with E-state index in [9.17, 15) is 0 Å². The number of nitriles is 1. The lowest BCUT2D eigenvalue weighted by atomic mass is 10.1. The maximum Gasteiger partial charge on any atom is 0.185 e. The summed E-state index contributed by atoms with van der Waals surface area (Å²) in [7, 11) is 0. The molecule has 1 aliphatic carbocycles. The summed E-state index contributed by atoms with van der Waals surface area (Å²) < 4.78 is 4.37. The van der Waals surface area contributed by atoms with Crippen molar-refractivity contribution in [2.75, 3.05) is 18.0 Å². The Morgan fingerprint density at radius 2 is 1.81 bits per heavy atom. The van der Waals surface area contributed by atoms with Crippen LogP contribution in [0.2, 0.25) is 0 Å². The first-order valence-electron chi connectivity index (χ1n) is 11.2. The van der Waals surface area contributed by atoms with Gasteiger partial charge in [-0.05, 0) is 65.3 Å². The van der Waals surface area contributed by atoms with E-state index < -0.39 is 0 Å². The van der Waals surface area contributed by atoms with Crippen LogP contribution >= 0.6 is 0 Å². The number of hydrogen-bond acceptors (Lipinski definition) is 4. The molecule has 0 amide bonds. The molecule has 6 heteroatoms. The maximum absolute atomic E-state index is 9.10. The van der Waals surface area contributed by atoms with Gasteiger partial charge in [0.1, 0.15) is 6.33 Å². The fraction of sp³-hybridized carbons (Fsp3) is 0.269. The molecule has 4 heterocycles. The molecule has 6 nitrogen and oxygen atoms in total. The molecule has 32 heavy (non-hydrogen) atoms. The zero-order valence-electron chi connectivity index (χ0n) is 17.8. The molecule has 0 bridgehead atoms. The number of aromatic nitrogens is 4. The SMILES string of the molecule is C[C@@H]1[C@H]2CN(c3ccc4c(c3)Cn3cc(-c5ccc(C#N)cc5)cc3-c3nncn3-4)C[C@@H]12. The van der Waals surface area contributed by atoms with Crippen molar-refractivity contribution in [1.29, 1.82) is 5.26 Å².